The lowest BCUT2D eigenvalue weighted by Crippen LogP contribution is -2.17. The van der Waals surface area contributed by atoms with Gasteiger partial charge in [0.15, 0.2) is 0 Å². The molecule has 1 saturated carbocycles. The Bertz CT molecular complexity index is 610. The zero-order valence-corrected chi connectivity index (χ0v) is 13.6. The van der Waals surface area contributed by atoms with Crippen molar-refractivity contribution in [1.82, 2.24) is 0 Å². The maximum atomic E-state index is 12.4. The number of anilines is 1. The Balaban J connectivity index is 2.01. The quantitative estimate of drug-likeness (QED) is 0.821. The third-order valence-electron chi connectivity index (χ3n) is 4.31. The average molecular weight is 300 g/mol. The van der Waals surface area contributed by atoms with Gasteiger partial charge in [0.2, 0.25) is 11.8 Å². The van der Waals surface area contributed by atoms with Gasteiger partial charge in [0.25, 0.3) is 0 Å². The molecule has 0 radical (unpaired) electrons. The largest absolute Gasteiger partial charge is 0.369 e. The molecule has 1 aliphatic rings. The van der Waals surface area contributed by atoms with E-state index < -0.39 is 0 Å². The Morgan fingerprint density at radius 2 is 1.82 bits per heavy atom. The fourth-order valence-electron chi connectivity index (χ4n) is 2.98. The Morgan fingerprint density at radius 1 is 1.23 bits per heavy atom. The van der Waals surface area contributed by atoms with Crippen molar-refractivity contribution >= 4 is 17.5 Å². The molecule has 0 heterocycles. The van der Waals surface area contributed by atoms with E-state index in [9.17, 15) is 9.59 Å². The van der Waals surface area contributed by atoms with E-state index in [0.717, 1.165) is 11.3 Å². The van der Waals surface area contributed by atoms with Crippen LogP contribution in [0.1, 0.15) is 33.3 Å². The van der Waals surface area contributed by atoms with Crippen molar-refractivity contribution in [2.75, 3.05) is 5.32 Å². The lowest BCUT2D eigenvalue weighted by atomic mass is 10.1. The molecule has 0 aliphatic heterocycles. The number of nitrogens with two attached hydrogens (primary N) is 1. The minimum atomic E-state index is -0.360. The number of benzene rings is 1. The van der Waals surface area contributed by atoms with E-state index in [1.165, 1.54) is 5.57 Å². The summed E-state index contributed by atoms with van der Waals surface area (Å²) in [4.78, 5) is 23.3. The van der Waals surface area contributed by atoms with Crippen LogP contribution < -0.4 is 11.1 Å². The zero-order valence-electron chi connectivity index (χ0n) is 13.6. The van der Waals surface area contributed by atoms with Gasteiger partial charge in [-0.3, -0.25) is 9.59 Å². The Kier molecular flexibility index (Phi) is 4.40. The highest BCUT2D eigenvalue weighted by atomic mass is 16.2. The lowest BCUT2D eigenvalue weighted by molar-refractivity contribution is -0.118. The van der Waals surface area contributed by atoms with E-state index in [-0.39, 0.29) is 29.6 Å². The fraction of sp³-hybridized carbons (Fsp3) is 0.444. The van der Waals surface area contributed by atoms with Gasteiger partial charge in [-0.2, -0.15) is 0 Å². The third-order valence-corrected chi connectivity index (χ3v) is 4.31. The summed E-state index contributed by atoms with van der Waals surface area (Å²) in [7, 11) is 0. The smallest absolute Gasteiger partial charge is 0.228 e. The summed E-state index contributed by atoms with van der Waals surface area (Å²) in [5, 5.41) is 2.96. The van der Waals surface area contributed by atoms with Gasteiger partial charge in [0.05, 0.1) is 12.3 Å². The van der Waals surface area contributed by atoms with Crippen LogP contribution >= 0.6 is 0 Å². The van der Waals surface area contributed by atoms with Crippen LogP contribution in [-0.4, -0.2) is 11.8 Å². The summed E-state index contributed by atoms with van der Waals surface area (Å²) in [6.07, 6.45) is 2.40. The SMILES string of the molecule is CC(C)=CC1C(C(=O)Nc2ccc(CC(N)=O)cc2)C1(C)C. The summed E-state index contributed by atoms with van der Waals surface area (Å²) in [6.45, 7) is 8.36. The molecule has 22 heavy (non-hydrogen) atoms. The zero-order chi connectivity index (χ0) is 16.5. The molecule has 4 nitrogen and oxygen atoms in total. The van der Waals surface area contributed by atoms with E-state index in [0.29, 0.717) is 5.92 Å². The fourth-order valence-corrected chi connectivity index (χ4v) is 2.98. The van der Waals surface area contributed by atoms with E-state index in [2.05, 4.69) is 39.1 Å². The van der Waals surface area contributed by atoms with Crippen molar-refractivity contribution in [3.05, 3.63) is 41.5 Å². The second kappa shape index (κ2) is 5.95. The third kappa shape index (κ3) is 3.56. The highest BCUT2D eigenvalue weighted by Gasteiger charge is 2.60. The van der Waals surface area contributed by atoms with Gasteiger partial charge in [0.1, 0.15) is 0 Å². The van der Waals surface area contributed by atoms with E-state index in [1.807, 2.05) is 24.3 Å². The molecule has 118 valence electrons. The average Bonchev–Trinajstić information content (AvgIpc) is 2.91. The molecule has 2 unspecified atom stereocenters. The van der Waals surface area contributed by atoms with E-state index in [1.54, 1.807) is 0 Å². The van der Waals surface area contributed by atoms with Crippen LogP contribution in [0.15, 0.2) is 35.9 Å². The molecule has 0 bridgehead atoms. The molecule has 0 spiro atoms. The molecule has 1 aromatic carbocycles. The molecule has 0 saturated heterocycles. The summed E-state index contributed by atoms with van der Waals surface area (Å²) in [6, 6.07) is 7.24. The lowest BCUT2D eigenvalue weighted by Gasteiger charge is -2.07. The molecule has 0 aromatic heterocycles. The molecule has 1 fully saturated rings. The number of carbonyl (C=O) groups excluding carboxylic acids is 2. The van der Waals surface area contributed by atoms with E-state index >= 15 is 0 Å². The van der Waals surface area contributed by atoms with Gasteiger partial charge in [-0.25, -0.2) is 0 Å². The minimum absolute atomic E-state index is 0.00713. The molecule has 2 amide bonds. The molecular weight excluding hydrogens is 276 g/mol. The Morgan fingerprint density at radius 3 is 2.32 bits per heavy atom. The molecule has 1 aliphatic carbocycles. The van der Waals surface area contributed by atoms with Crippen molar-refractivity contribution in [2.45, 2.75) is 34.1 Å². The molecule has 2 rings (SSSR count). The number of hydrogen-bond acceptors (Lipinski definition) is 2. The molecule has 3 N–H and O–H groups in total. The number of amides is 2. The van der Waals surface area contributed by atoms with Gasteiger partial charge in [0, 0.05) is 5.69 Å². The molecule has 4 heteroatoms. The van der Waals surface area contributed by atoms with Crippen molar-refractivity contribution in [1.29, 1.82) is 0 Å². The van der Waals surface area contributed by atoms with Crippen LogP contribution in [0.4, 0.5) is 5.69 Å². The second-order valence-corrected chi connectivity index (χ2v) is 6.90. The topological polar surface area (TPSA) is 72.2 Å². The highest BCUT2D eigenvalue weighted by Crippen LogP contribution is 2.59. The minimum Gasteiger partial charge on any atom is -0.369 e. The summed E-state index contributed by atoms with van der Waals surface area (Å²) in [5.74, 6) is -0.00411. The summed E-state index contributed by atoms with van der Waals surface area (Å²) < 4.78 is 0. The first-order chi connectivity index (χ1) is 10.2. The van der Waals surface area contributed by atoms with Gasteiger partial charge in [-0.15, -0.1) is 0 Å². The number of nitrogens with one attached hydrogen (secondary N) is 1. The molecule has 2 atom stereocenters. The molecular formula is C18H24N2O2. The second-order valence-electron chi connectivity index (χ2n) is 6.90. The normalized spacial score (nSPS) is 21.8. The van der Waals surface area contributed by atoms with E-state index in [4.69, 9.17) is 5.73 Å². The van der Waals surface area contributed by atoms with Gasteiger partial charge in [-0.1, -0.05) is 37.6 Å². The van der Waals surface area contributed by atoms with Crippen LogP contribution in [0.3, 0.4) is 0 Å². The van der Waals surface area contributed by atoms with Crippen LogP contribution in [-0.2, 0) is 16.0 Å². The number of primary amides is 1. The first kappa shape index (κ1) is 16.3. The number of rotatable bonds is 5. The van der Waals surface area contributed by atoms with Gasteiger partial charge >= 0.3 is 0 Å². The van der Waals surface area contributed by atoms with Crippen molar-refractivity contribution in [3.63, 3.8) is 0 Å². The number of allylic oxidation sites excluding steroid dienone is 2. The monoisotopic (exact) mass is 300 g/mol. The standard InChI is InChI=1S/C18H24N2O2/c1-11(2)9-14-16(18(14,3)4)17(22)20-13-7-5-12(6-8-13)10-15(19)21/h5-9,14,16H,10H2,1-4H3,(H2,19,21)(H,20,22). The number of carbonyl (C=O) groups is 2. The van der Waals surface area contributed by atoms with Crippen molar-refractivity contribution < 1.29 is 9.59 Å². The van der Waals surface area contributed by atoms with Gasteiger partial charge in [-0.05, 0) is 42.9 Å². The first-order valence-electron chi connectivity index (χ1n) is 7.55. The molecule has 1 aromatic rings. The summed E-state index contributed by atoms with van der Waals surface area (Å²) >= 11 is 0. The first-order valence-corrected chi connectivity index (χ1v) is 7.55. The van der Waals surface area contributed by atoms with Gasteiger partial charge < -0.3 is 11.1 Å². The van der Waals surface area contributed by atoms with Crippen LogP contribution in [0.25, 0.3) is 0 Å². The summed E-state index contributed by atoms with van der Waals surface area (Å²) in [5.41, 5.74) is 8.00. The Hall–Kier alpha value is -2.10. The maximum Gasteiger partial charge on any atom is 0.228 e. The predicted molar refractivity (Wildman–Crippen MR) is 88.2 cm³/mol. The van der Waals surface area contributed by atoms with Crippen molar-refractivity contribution in [3.8, 4) is 0 Å². The van der Waals surface area contributed by atoms with Crippen LogP contribution in [0.2, 0.25) is 0 Å². The number of hydrogen-bond donors (Lipinski definition) is 2. The van der Waals surface area contributed by atoms with Crippen LogP contribution in [0.5, 0.6) is 0 Å². The Labute approximate surface area is 131 Å². The predicted octanol–water partition coefficient (Wildman–Crippen LogP) is 2.89. The van der Waals surface area contributed by atoms with Crippen molar-refractivity contribution in [2.24, 2.45) is 23.0 Å². The van der Waals surface area contributed by atoms with Crippen LogP contribution in [0, 0.1) is 17.3 Å². The maximum absolute atomic E-state index is 12.4. The highest BCUT2D eigenvalue weighted by molar-refractivity contribution is 5.95.